The van der Waals surface area contributed by atoms with Gasteiger partial charge in [-0.05, 0) is 37.1 Å². The third-order valence-electron chi connectivity index (χ3n) is 2.22. The maximum absolute atomic E-state index is 8.98. The van der Waals surface area contributed by atoms with E-state index in [9.17, 15) is 0 Å². The first-order valence-corrected chi connectivity index (χ1v) is 5.27. The molecule has 1 rings (SSSR count). The van der Waals surface area contributed by atoms with Crippen LogP contribution in [0.25, 0.3) is 0 Å². The highest BCUT2D eigenvalue weighted by Crippen LogP contribution is 2.30. The van der Waals surface area contributed by atoms with Crippen LogP contribution in [0.1, 0.15) is 24.1 Å². The number of aryl methyl sites for hydroxylation is 1. The number of aliphatic hydroxyl groups excluding tert-OH is 1. The second-order valence-electron chi connectivity index (χ2n) is 3.36. The average molecular weight is 230 g/mol. The fourth-order valence-electron chi connectivity index (χ4n) is 1.43. The minimum absolute atomic E-state index is 0.0921. The van der Waals surface area contributed by atoms with Crippen LogP contribution in [0, 0.1) is 6.92 Å². The van der Waals surface area contributed by atoms with Gasteiger partial charge in [-0.1, -0.05) is 11.6 Å². The molecule has 4 heteroatoms. The predicted octanol–water partition coefficient (Wildman–Crippen LogP) is 2.04. The summed E-state index contributed by atoms with van der Waals surface area (Å²) >= 11 is 6.02. The highest BCUT2D eigenvalue weighted by Gasteiger charge is 2.11. The quantitative estimate of drug-likeness (QED) is 0.831. The van der Waals surface area contributed by atoms with E-state index in [-0.39, 0.29) is 6.61 Å². The monoisotopic (exact) mass is 229 g/mol. The van der Waals surface area contributed by atoms with Gasteiger partial charge in [0.25, 0.3) is 0 Å². The van der Waals surface area contributed by atoms with Crippen molar-refractivity contribution >= 4 is 11.6 Å². The number of hydrogen-bond acceptors (Lipinski definition) is 3. The molecule has 3 nitrogen and oxygen atoms in total. The normalized spacial score (nSPS) is 12.6. The molecule has 0 radical (unpaired) electrons. The minimum Gasteiger partial charge on any atom is -0.492 e. The molecular formula is C11H16ClNO2. The molecule has 0 spiro atoms. The van der Waals surface area contributed by atoms with Gasteiger partial charge >= 0.3 is 0 Å². The zero-order valence-electron chi connectivity index (χ0n) is 8.96. The summed E-state index contributed by atoms with van der Waals surface area (Å²) in [7, 11) is 0. The smallest absolute Gasteiger partial charge is 0.138 e. The summed E-state index contributed by atoms with van der Waals surface area (Å²) < 4.78 is 5.35. The summed E-state index contributed by atoms with van der Waals surface area (Å²) in [5.74, 6) is 0.658. The van der Waals surface area contributed by atoms with Crippen molar-refractivity contribution in [3.8, 4) is 5.75 Å². The van der Waals surface area contributed by atoms with Crippen molar-refractivity contribution in [3.05, 3.63) is 28.3 Å². The molecule has 0 amide bonds. The molecule has 84 valence electrons. The molecule has 0 aromatic heterocycles. The Morgan fingerprint density at radius 3 is 2.73 bits per heavy atom. The Labute approximate surface area is 94.8 Å². The minimum atomic E-state index is -0.391. The highest BCUT2D eigenvalue weighted by atomic mass is 35.5. The summed E-state index contributed by atoms with van der Waals surface area (Å²) in [5, 5.41) is 9.51. The lowest BCUT2D eigenvalue weighted by Crippen LogP contribution is -2.15. The van der Waals surface area contributed by atoms with E-state index in [2.05, 4.69) is 0 Å². The lowest BCUT2D eigenvalue weighted by atomic mass is 10.0. The number of aliphatic hydroxyl groups is 1. The Hall–Kier alpha value is -0.770. The van der Waals surface area contributed by atoms with Crippen LogP contribution < -0.4 is 10.5 Å². The SMILES string of the molecule is CCOc1cc(C)c(C(N)CO)cc1Cl. The fraction of sp³-hybridized carbons (Fsp3) is 0.455. The summed E-state index contributed by atoms with van der Waals surface area (Å²) in [4.78, 5) is 0. The molecule has 15 heavy (non-hydrogen) atoms. The van der Waals surface area contributed by atoms with Crippen LogP contribution in [0.4, 0.5) is 0 Å². The van der Waals surface area contributed by atoms with Gasteiger partial charge in [0.1, 0.15) is 5.75 Å². The van der Waals surface area contributed by atoms with Gasteiger partial charge in [0.2, 0.25) is 0 Å². The fourth-order valence-corrected chi connectivity index (χ4v) is 1.66. The molecule has 0 fully saturated rings. The van der Waals surface area contributed by atoms with Crippen molar-refractivity contribution in [2.24, 2.45) is 5.73 Å². The zero-order chi connectivity index (χ0) is 11.4. The van der Waals surface area contributed by atoms with E-state index in [1.54, 1.807) is 6.07 Å². The van der Waals surface area contributed by atoms with Crippen molar-refractivity contribution in [1.82, 2.24) is 0 Å². The van der Waals surface area contributed by atoms with Gasteiger partial charge in [0, 0.05) is 0 Å². The molecule has 1 aromatic rings. The van der Waals surface area contributed by atoms with Crippen molar-refractivity contribution in [2.75, 3.05) is 13.2 Å². The van der Waals surface area contributed by atoms with Crippen molar-refractivity contribution in [2.45, 2.75) is 19.9 Å². The molecule has 1 atom stereocenters. The van der Waals surface area contributed by atoms with Gasteiger partial charge in [-0.2, -0.15) is 0 Å². The molecule has 0 aliphatic heterocycles. The number of rotatable bonds is 4. The molecule has 0 heterocycles. The Bertz CT molecular complexity index is 342. The van der Waals surface area contributed by atoms with E-state index in [1.165, 1.54) is 0 Å². The van der Waals surface area contributed by atoms with Crippen molar-refractivity contribution in [1.29, 1.82) is 0 Å². The third kappa shape index (κ3) is 2.84. The second-order valence-corrected chi connectivity index (χ2v) is 3.77. The molecule has 1 unspecified atom stereocenters. The van der Waals surface area contributed by atoms with Gasteiger partial charge in [-0.25, -0.2) is 0 Å². The maximum atomic E-state index is 8.98. The van der Waals surface area contributed by atoms with E-state index < -0.39 is 6.04 Å². The van der Waals surface area contributed by atoms with E-state index in [0.717, 1.165) is 11.1 Å². The van der Waals surface area contributed by atoms with Crippen LogP contribution in [0.15, 0.2) is 12.1 Å². The Kier molecular flexibility index (Phi) is 4.39. The van der Waals surface area contributed by atoms with Crippen molar-refractivity contribution < 1.29 is 9.84 Å². The Morgan fingerprint density at radius 2 is 2.20 bits per heavy atom. The standard InChI is InChI=1S/C11H16ClNO2/c1-3-15-11-4-7(2)8(5-9(11)12)10(13)6-14/h4-5,10,14H,3,6,13H2,1-2H3. The van der Waals surface area contributed by atoms with E-state index >= 15 is 0 Å². The van der Waals surface area contributed by atoms with Crippen LogP contribution in [-0.2, 0) is 0 Å². The van der Waals surface area contributed by atoms with Crippen molar-refractivity contribution in [3.63, 3.8) is 0 Å². The number of nitrogens with two attached hydrogens (primary N) is 1. The van der Waals surface area contributed by atoms with Gasteiger partial charge in [0.05, 0.1) is 24.3 Å². The Balaban J connectivity index is 3.07. The number of halogens is 1. The van der Waals surface area contributed by atoms with Crippen LogP contribution in [-0.4, -0.2) is 18.3 Å². The first kappa shape index (κ1) is 12.3. The first-order valence-electron chi connectivity index (χ1n) is 4.89. The van der Waals surface area contributed by atoms with Crippen LogP contribution in [0.3, 0.4) is 0 Å². The molecule has 0 saturated carbocycles. The van der Waals surface area contributed by atoms with Crippen LogP contribution in [0.5, 0.6) is 5.75 Å². The van der Waals surface area contributed by atoms with Crippen LogP contribution >= 0.6 is 11.6 Å². The number of benzene rings is 1. The molecule has 1 aromatic carbocycles. The molecule has 3 N–H and O–H groups in total. The summed E-state index contributed by atoms with van der Waals surface area (Å²) in [5.41, 5.74) is 7.57. The topological polar surface area (TPSA) is 55.5 Å². The zero-order valence-corrected chi connectivity index (χ0v) is 9.71. The maximum Gasteiger partial charge on any atom is 0.138 e. The molecule has 0 aliphatic carbocycles. The predicted molar refractivity (Wildman–Crippen MR) is 61.4 cm³/mol. The molecular weight excluding hydrogens is 214 g/mol. The number of ether oxygens (including phenoxy) is 1. The lowest BCUT2D eigenvalue weighted by Gasteiger charge is -2.15. The average Bonchev–Trinajstić information content (AvgIpc) is 2.22. The summed E-state index contributed by atoms with van der Waals surface area (Å²) in [6.45, 7) is 4.30. The van der Waals surface area contributed by atoms with Crippen LogP contribution in [0.2, 0.25) is 5.02 Å². The molecule has 0 bridgehead atoms. The summed E-state index contributed by atoms with van der Waals surface area (Å²) in [6, 6.07) is 3.21. The number of hydrogen-bond donors (Lipinski definition) is 2. The second kappa shape index (κ2) is 5.35. The van der Waals surface area contributed by atoms with Gasteiger partial charge in [-0.15, -0.1) is 0 Å². The first-order chi connectivity index (χ1) is 7.10. The van der Waals surface area contributed by atoms with E-state index in [4.69, 9.17) is 27.2 Å². The van der Waals surface area contributed by atoms with Gasteiger partial charge in [-0.3, -0.25) is 0 Å². The van der Waals surface area contributed by atoms with Gasteiger partial charge < -0.3 is 15.6 Å². The molecule has 0 aliphatic rings. The van der Waals surface area contributed by atoms with Gasteiger partial charge in [0.15, 0.2) is 0 Å². The lowest BCUT2D eigenvalue weighted by molar-refractivity contribution is 0.267. The summed E-state index contributed by atoms with van der Waals surface area (Å²) in [6.07, 6.45) is 0. The highest BCUT2D eigenvalue weighted by molar-refractivity contribution is 6.32. The third-order valence-corrected chi connectivity index (χ3v) is 2.51. The van der Waals surface area contributed by atoms with E-state index in [1.807, 2.05) is 19.9 Å². The Morgan fingerprint density at radius 1 is 1.53 bits per heavy atom. The molecule has 0 saturated heterocycles. The largest absolute Gasteiger partial charge is 0.492 e. The van der Waals surface area contributed by atoms with E-state index in [0.29, 0.717) is 17.4 Å².